The standard InChI is InChI=1S/C17H21O3P/c1-3-4-7-10-20-17-11-16(18)15(12-21(2)19)13-8-5-6-9-14(13)17/h5-6,8-9,11H,3-4,7,10,12H2,1-2H3/p+1. The van der Waals surface area contributed by atoms with Gasteiger partial charge in [0.1, 0.15) is 18.2 Å². The summed E-state index contributed by atoms with van der Waals surface area (Å²) in [7, 11) is -1.34. The number of phenolic OH excluding ortho intramolecular Hbond substituents is 1. The van der Waals surface area contributed by atoms with Gasteiger partial charge in [0.2, 0.25) is 0 Å². The maximum absolute atomic E-state index is 11.5. The zero-order valence-electron chi connectivity index (χ0n) is 12.6. The number of benzene rings is 2. The van der Waals surface area contributed by atoms with Crippen molar-refractivity contribution in [1.82, 2.24) is 0 Å². The van der Waals surface area contributed by atoms with Crippen molar-refractivity contribution in [3.8, 4) is 11.5 Å². The van der Waals surface area contributed by atoms with Gasteiger partial charge < -0.3 is 9.84 Å². The van der Waals surface area contributed by atoms with Gasteiger partial charge in [0, 0.05) is 17.0 Å². The van der Waals surface area contributed by atoms with Crippen LogP contribution < -0.4 is 4.74 Å². The minimum atomic E-state index is -1.34. The van der Waals surface area contributed by atoms with Crippen LogP contribution in [0, 0.1) is 0 Å². The first kappa shape index (κ1) is 15.8. The summed E-state index contributed by atoms with van der Waals surface area (Å²) in [4.78, 5) is 0. The van der Waals surface area contributed by atoms with Gasteiger partial charge >= 0.3 is 7.80 Å². The predicted octanol–water partition coefficient (Wildman–Crippen LogP) is 5.07. The van der Waals surface area contributed by atoms with Crippen molar-refractivity contribution in [2.45, 2.75) is 32.3 Å². The summed E-state index contributed by atoms with van der Waals surface area (Å²) >= 11 is 0. The molecule has 0 aromatic heterocycles. The first-order valence-electron chi connectivity index (χ1n) is 7.38. The van der Waals surface area contributed by atoms with E-state index in [1.54, 1.807) is 12.7 Å². The van der Waals surface area contributed by atoms with Gasteiger partial charge in [-0.25, -0.2) is 0 Å². The highest BCUT2D eigenvalue weighted by Gasteiger charge is 2.18. The molecule has 1 N–H and O–H groups in total. The Labute approximate surface area is 126 Å². The molecular formula is C17H22O3P+. The van der Waals surface area contributed by atoms with Crippen LogP contribution in [-0.2, 0) is 10.7 Å². The first-order chi connectivity index (χ1) is 10.1. The van der Waals surface area contributed by atoms with Crippen LogP contribution in [0.2, 0.25) is 0 Å². The number of hydrogen-bond donors (Lipinski definition) is 1. The fourth-order valence-electron chi connectivity index (χ4n) is 2.43. The maximum Gasteiger partial charge on any atom is 0.340 e. The molecule has 1 atom stereocenters. The topological polar surface area (TPSA) is 46.5 Å². The lowest BCUT2D eigenvalue weighted by Crippen LogP contribution is -1.98. The van der Waals surface area contributed by atoms with Gasteiger partial charge in [-0.05, 0) is 11.8 Å². The molecule has 3 nitrogen and oxygen atoms in total. The number of unbranched alkanes of at least 4 members (excludes halogenated alkanes) is 2. The summed E-state index contributed by atoms with van der Waals surface area (Å²) in [5.41, 5.74) is 0.745. The molecule has 0 aliphatic rings. The third kappa shape index (κ3) is 3.95. The highest BCUT2D eigenvalue weighted by atomic mass is 31.1. The van der Waals surface area contributed by atoms with Gasteiger partial charge in [0.15, 0.2) is 6.16 Å². The summed E-state index contributed by atoms with van der Waals surface area (Å²) in [6.45, 7) is 4.49. The van der Waals surface area contributed by atoms with Crippen molar-refractivity contribution < 1.29 is 14.4 Å². The van der Waals surface area contributed by atoms with Crippen LogP contribution in [0.3, 0.4) is 0 Å². The lowest BCUT2D eigenvalue weighted by atomic mass is 10.0. The van der Waals surface area contributed by atoms with Gasteiger partial charge in [-0.2, -0.15) is 0 Å². The zero-order chi connectivity index (χ0) is 15.2. The lowest BCUT2D eigenvalue weighted by molar-refractivity contribution is 0.308. The molecule has 0 bridgehead atoms. The Bertz CT molecular complexity index is 637. The minimum Gasteiger partial charge on any atom is -0.507 e. The fraction of sp³-hybridized carbons (Fsp3) is 0.412. The molecule has 2 rings (SSSR count). The van der Waals surface area contributed by atoms with E-state index in [9.17, 15) is 9.67 Å². The predicted molar refractivity (Wildman–Crippen MR) is 87.9 cm³/mol. The molecule has 0 aliphatic carbocycles. The Balaban J connectivity index is 2.37. The number of fused-ring (bicyclic) bond motifs is 1. The van der Waals surface area contributed by atoms with Crippen LogP contribution in [0.25, 0.3) is 10.8 Å². The smallest absolute Gasteiger partial charge is 0.340 e. The van der Waals surface area contributed by atoms with E-state index in [1.807, 2.05) is 24.3 Å². The zero-order valence-corrected chi connectivity index (χ0v) is 13.5. The minimum absolute atomic E-state index is 0.171. The van der Waals surface area contributed by atoms with Gasteiger partial charge in [0.05, 0.1) is 6.61 Å². The van der Waals surface area contributed by atoms with Crippen LogP contribution in [-0.4, -0.2) is 18.4 Å². The SMILES string of the molecule is CCCCCOc1cc(O)c(C[P+](C)=O)c2ccccc12. The van der Waals surface area contributed by atoms with E-state index >= 15 is 0 Å². The Kier molecular flexibility index (Phi) is 5.58. The summed E-state index contributed by atoms with van der Waals surface area (Å²) in [6.07, 6.45) is 3.68. The number of rotatable bonds is 7. The second-order valence-corrected chi connectivity index (χ2v) is 6.83. The number of ether oxygens (including phenoxy) is 1. The van der Waals surface area contributed by atoms with Crippen molar-refractivity contribution in [3.05, 3.63) is 35.9 Å². The monoisotopic (exact) mass is 305 g/mol. The van der Waals surface area contributed by atoms with Crippen LogP contribution >= 0.6 is 7.80 Å². The molecule has 0 heterocycles. The van der Waals surface area contributed by atoms with Crippen LogP contribution in [0.5, 0.6) is 11.5 Å². The van der Waals surface area contributed by atoms with E-state index in [0.717, 1.165) is 35.6 Å². The van der Waals surface area contributed by atoms with E-state index in [1.165, 1.54) is 0 Å². The first-order valence-corrected chi connectivity index (χ1v) is 9.27. The van der Waals surface area contributed by atoms with Crippen LogP contribution in [0.4, 0.5) is 0 Å². The molecule has 0 amide bonds. The molecule has 0 aliphatic heterocycles. The summed E-state index contributed by atoms with van der Waals surface area (Å²) in [6, 6.07) is 9.46. The second kappa shape index (κ2) is 7.42. The fourth-order valence-corrected chi connectivity index (χ4v) is 3.21. The molecule has 21 heavy (non-hydrogen) atoms. The molecule has 2 aromatic carbocycles. The maximum atomic E-state index is 11.5. The third-order valence-electron chi connectivity index (χ3n) is 3.48. The Morgan fingerprint density at radius 3 is 2.57 bits per heavy atom. The highest BCUT2D eigenvalue weighted by Crippen LogP contribution is 2.39. The second-order valence-electron chi connectivity index (χ2n) is 5.26. The average Bonchev–Trinajstić information content (AvgIpc) is 2.47. The molecule has 0 spiro atoms. The van der Waals surface area contributed by atoms with Gasteiger partial charge in [-0.3, -0.25) is 0 Å². The third-order valence-corrected chi connectivity index (χ3v) is 4.24. The highest BCUT2D eigenvalue weighted by molar-refractivity contribution is 7.42. The Hall–Kier alpha value is -1.60. The lowest BCUT2D eigenvalue weighted by Gasteiger charge is -2.12. The molecule has 0 saturated heterocycles. The number of aromatic hydroxyl groups is 1. The largest absolute Gasteiger partial charge is 0.507 e. The summed E-state index contributed by atoms with van der Waals surface area (Å²) < 4.78 is 17.4. The molecule has 2 aromatic rings. The van der Waals surface area contributed by atoms with Crippen LogP contribution in [0.15, 0.2) is 30.3 Å². The molecular weight excluding hydrogens is 283 g/mol. The molecule has 0 radical (unpaired) electrons. The molecule has 0 saturated carbocycles. The molecule has 112 valence electrons. The quantitative estimate of drug-likeness (QED) is 0.573. The number of hydrogen-bond acceptors (Lipinski definition) is 3. The number of phenols is 1. The van der Waals surface area contributed by atoms with E-state index in [0.29, 0.717) is 18.5 Å². The van der Waals surface area contributed by atoms with E-state index in [-0.39, 0.29) is 5.75 Å². The van der Waals surface area contributed by atoms with Crippen molar-refractivity contribution >= 4 is 18.6 Å². The van der Waals surface area contributed by atoms with Crippen molar-refractivity contribution in [1.29, 1.82) is 0 Å². The molecule has 0 fully saturated rings. The normalized spacial score (nSPS) is 11.6. The molecule has 1 unspecified atom stereocenters. The van der Waals surface area contributed by atoms with Crippen molar-refractivity contribution in [2.75, 3.05) is 13.3 Å². The van der Waals surface area contributed by atoms with Crippen molar-refractivity contribution in [2.24, 2.45) is 0 Å². The van der Waals surface area contributed by atoms with E-state index < -0.39 is 7.80 Å². The Morgan fingerprint density at radius 1 is 1.19 bits per heavy atom. The van der Waals surface area contributed by atoms with Gasteiger partial charge in [0.25, 0.3) is 0 Å². The molecule has 4 heteroatoms. The van der Waals surface area contributed by atoms with Gasteiger partial charge in [-0.15, -0.1) is 0 Å². The van der Waals surface area contributed by atoms with Gasteiger partial charge in [-0.1, -0.05) is 48.6 Å². The summed E-state index contributed by atoms with van der Waals surface area (Å²) in [5, 5.41) is 12.1. The average molecular weight is 305 g/mol. The van der Waals surface area contributed by atoms with Crippen molar-refractivity contribution in [3.63, 3.8) is 0 Å². The Morgan fingerprint density at radius 2 is 1.90 bits per heavy atom. The van der Waals surface area contributed by atoms with E-state index in [2.05, 4.69) is 6.92 Å². The summed E-state index contributed by atoms with van der Waals surface area (Å²) in [5.74, 6) is 0.874. The van der Waals surface area contributed by atoms with Crippen LogP contribution in [0.1, 0.15) is 31.7 Å². The van der Waals surface area contributed by atoms with E-state index in [4.69, 9.17) is 4.74 Å².